The molecular formula is C20H28N4O2. The van der Waals surface area contributed by atoms with Crippen LogP contribution in [0.1, 0.15) is 28.7 Å². The van der Waals surface area contributed by atoms with Gasteiger partial charge in [0.05, 0.1) is 25.8 Å². The number of nitrogens with zero attached hydrogens (tertiary/aromatic N) is 2. The van der Waals surface area contributed by atoms with Crippen LogP contribution in [0.3, 0.4) is 0 Å². The van der Waals surface area contributed by atoms with Gasteiger partial charge in [-0.25, -0.2) is 0 Å². The summed E-state index contributed by atoms with van der Waals surface area (Å²) in [7, 11) is 0. The van der Waals surface area contributed by atoms with Gasteiger partial charge in [-0.15, -0.1) is 0 Å². The maximum absolute atomic E-state index is 6.12. The fraction of sp³-hybridized carbons (Fsp3) is 0.450. The number of guanidine groups is 1. The minimum atomic E-state index is 0.0627. The summed E-state index contributed by atoms with van der Waals surface area (Å²) >= 11 is 0. The Bertz CT molecular complexity index is 763. The average molecular weight is 356 g/mol. The van der Waals surface area contributed by atoms with Crippen LogP contribution in [0.2, 0.25) is 0 Å². The Morgan fingerprint density at radius 1 is 1.15 bits per heavy atom. The van der Waals surface area contributed by atoms with Crippen molar-refractivity contribution in [1.82, 2.24) is 4.90 Å². The van der Waals surface area contributed by atoms with Gasteiger partial charge in [0, 0.05) is 18.8 Å². The first-order valence-corrected chi connectivity index (χ1v) is 9.05. The van der Waals surface area contributed by atoms with E-state index in [0.717, 1.165) is 43.5 Å². The topological polar surface area (TPSA) is 76.0 Å². The molecule has 0 spiro atoms. The third kappa shape index (κ3) is 4.65. The lowest BCUT2D eigenvalue weighted by molar-refractivity contribution is 0.0135. The molecule has 1 aliphatic heterocycles. The number of hydrogen-bond donors (Lipinski definition) is 2. The number of furan rings is 1. The van der Waals surface area contributed by atoms with E-state index in [4.69, 9.17) is 14.9 Å². The summed E-state index contributed by atoms with van der Waals surface area (Å²) in [5, 5.41) is 3.18. The van der Waals surface area contributed by atoms with Crippen molar-refractivity contribution in [2.24, 2.45) is 10.7 Å². The van der Waals surface area contributed by atoms with Crippen molar-refractivity contribution in [2.45, 2.75) is 26.8 Å². The summed E-state index contributed by atoms with van der Waals surface area (Å²) < 4.78 is 11.3. The molecule has 0 radical (unpaired) electrons. The highest BCUT2D eigenvalue weighted by atomic mass is 16.5. The Morgan fingerprint density at radius 3 is 2.58 bits per heavy atom. The van der Waals surface area contributed by atoms with Crippen LogP contribution >= 0.6 is 0 Å². The molecule has 1 atom stereocenters. The molecule has 0 saturated carbocycles. The van der Waals surface area contributed by atoms with Crippen molar-refractivity contribution in [3.05, 3.63) is 53.0 Å². The van der Waals surface area contributed by atoms with Gasteiger partial charge < -0.3 is 20.2 Å². The minimum Gasteiger partial charge on any atom is -0.465 e. The highest BCUT2D eigenvalue weighted by Gasteiger charge is 2.25. The van der Waals surface area contributed by atoms with Crippen LogP contribution in [-0.4, -0.2) is 43.7 Å². The summed E-state index contributed by atoms with van der Waals surface area (Å²) in [6.45, 7) is 9.87. The third-order valence-electron chi connectivity index (χ3n) is 4.79. The summed E-state index contributed by atoms with van der Waals surface area (Å²) in [4.78, 5) is 6.92. The van der Waals surface area contributed by atoms with Gasteiger partial charge in [0.15, 0.2) is 5.96 Å². The molecule has 0 amide bonds. The fourth-order valence-electron chi connectivity index (χ4n) is 3.10. The van der Waals surface area contributed by atoms with E-state index < -0.39 is 0 Å². The van der Waals surface area contributed by atoms with E-state index in [-0.39, 0.29) is 6.04 Å². The molecule has 1 unspecified atom stereocenters. The van der Waals surface area contributed by atoms with Gasteiger partial charge in [-0.3, -0.25) is 9.89 Å². The fourth-order valence-corrected chi connectivity index (χ4v) is 3.10. The Balaban J connectivity index is 1.71. The molecule has 6 nitrogen and oxygen atoms in total. The number of nitrogens with two attached hydrogens (primary N) is 1. The predicted molar refractivity (Wildman–Crippen MR) is 105 cm³/mol. The lowest BCUT2D eigenvalue weighted by Crippen LogP contribution is -2.40. The van der Waals surface area contributed by atoms with Crippen LogP contribution in [0.25, 0.3) is 0 Å². The Kier molecular flexibility index (Phi) is 5.96. The maximum Gasteiger partial charge on any atom is 0.193 e. The van der Waals surface area contributed by atoms with Crippen molar-refractivity contribution in [3.63, 3.8) is 0 Å². The summed E-state index contributed by atoms with van der Waals surface area (Å²) in [5.41, 5.74) is 9.55. The van der Waals surface area contributed by atoms with Gasteiger partial charge in [0.2, 0.25) is 0 Å². The zero-order valence-corrected chi connectivity index (χ0v) is 15.8. The van der Waals surface area contributed by atoms with E-state index in [0.29, 0.717) is 12.5 Å². The van der Waals surface area contributed by atoms with E-state index in [1.807, 2.05) is 25.1 Å². The van der Waals surface area contributed by atoms with Gasteiger partial charge in [-0.05, 0) is 56.2 Å². The number of rotatable bonds is 5. The van der Waals surface area contributed by atoms with Crippen molar-refractivity contribution in [2.75, 3.05) is 38.2 Å². The second-order valence-electron chi connectivity index (χ2n) is 6.76. The molecule has 2 aromatic rings. The van der Waals surface area contributed by atoms with E-state index in [1.54, 1.807) is 0 Å². The van der Waals surface area contributed by atoms with E-state index in [2.05, 4.69) is 41.2 Å². The molecular weight excluding hydrogens is 328 g/mol. The van der Waals surface area contributed by atoms with Crippen LogP contribution in [-0.2, 0) is 4.74 Å². The molecule has 1 aromatic heterocycles. The zero-order valence-electron chi connectivity index (χ0n) is 15.8. The number of aryl methyl sites for hydroxylation is 3. The zero-order chi connectivity index (χ0) is 18.5. The first-order chi connectivity index (χ1) is 12.5. The van der Waals surface area contributed by atoms with Gasteiger partial charge in [0.1, 0.15) is 11.5 Å². The van der Waals surface area contributed by atoms with Crippen LogP contribution in [0.15, 0.2) is 39.7 Å². The van der Waals surface area contributed by atoms with Crippen LogP contribution in [0.4, 0.5) is 5.69 Å². The Morgan fingerprint density at radius 2 is 1.92 bits per heavy atom. The average Bonchev–Trinajstić information content (AvgIpc) is 3.05. The molecule has 1 saturated heterocycles. The second kappa shape index (κ2) is 8.38. The number of morpholine rings is 1. The van der Waals surface area contributed by atoms with Crippen molar-refractivity contribution >= 4 is 11.6 Å². The predicted octanol–water partition coefficient (Wildman–Crippen LogP) is 3.00. The quantitative estimate of drug-likeness (QED) is 0.636. The van der Waals surface area contributed by atoms with Gasteiger partial charge >= 0.3 is 0 Å². The second-order valence-corrected chi connectivity index (χ2v) is 6.76. The standard InChI is InChI=1S/C20H28N4O2/c1-14-4-6-17(12-15(14)2)23-20(21)22-13-18(19-7-5-16(3)26-19)24-8-10-25-11-9-24/h4-7,12,18H,8-11,13H2,1-3H3,(H3,21,22,23). The first-order valence-electron chi connectivity index (χ1n) is 9.05. The van der Waals surface area contributed by atoms with Gasteiger partial charge in [0.25, 0.3) is 0 Å². The molecule has 6 heteroatoms. The molecule has 26 heavy (non-hydrogen) atoms. The summed E-state index contributed by atoms with van der Waals surface area (Å²) in [6.07, 6.45) is 0. The van der Waals surface area contributed by atoms with Crippen molar-refractivity contribution in [1.29, 1.82) is 0 Å². The van der Waals surface area contributed by atoms with Crippen LogP contribution < -0.4 is 11.1 Å². The molecule has 1 aliphatic rings. The van der Waals surface area contributed by atoms with Crippen LogP contribution in [0, 0.1) is 20.8 Å². The van der Waals surface area contributed by atoms with Crippen LogP contribution in [0.5, 0.6) is 0 Å². The highest BCUT2D eigenvalue weighted by Crippen LogP contribution is 2.24. The normalized spacial score (nSPS) is 17.3. The van der Waals surface area contributed by atoms with Crippen molar-refractivity contribution < 1.29 is 9.15 Å². The van der Waals surface area contributed by atoms with E-state index in [1.165, 1.54) is 11.1 Å². The molecule has 0 bridgehead atoms. The monoisotopic (exact) mass is 356 g/mol. The van der Waals surface area contributed by atoms with E-state index >= 15 is 0 Å². The molecule has 3 rings (SSSR count). The lowest BCUT2D eigenvalue weighted by atomic mass is 10.1. The number of anilines is 1. The molecule has 0 aliphatic carbocycles. The number of nitrogens with one attached hydrogen (secondary N) is 1. The smallest absolute Gasteiger partial charge is 0.193 e. The summed E-state index contributed by atoms with van der Waals surface area (Å²) in [6, 6.07) is 10.2. The molecule has 2 heterocycles. The van der Waals surface area contributed by atoms with Gasteiger partial charge in [-0.1, -0.05) is 6.07 Å². The maximum atomic E-state index is 6.12. The Labute approximate surface area is 155 Å². The summed E-state index contributed by atoms with van der Waals surface area (Å²) in [5.74, 6) is 2.24. The third-order valence-corrected chi connectivity index (χ3v) is 4.79. The number of benzene rings is 1. The first kappa shape index (κ1) is 18.5. The van der Waals surface area contributed by atoms with Crippen molar-refractivity contribution in [3.8, 4) is 0 Å². The largest absolute Gasteiger partial charge is 0.465 e. The minimum absolute atomic E-state index is 0.0627. The van der Waals surface area contributed by atoms with E-state index in [9.17, 15) is 0 Å². The number of hydrogen-bond acceptors (Lipinski definition) is 4. The SMILES string of the molecule is Cc1ccc(C(CN=C(N)Nc2ccc(C)c(C)c2)N2CCOCC2)o1. The molecule has 1 aromatic carbocycles. The number of aliphatic imine (C=N–C) groups is 1. The highest BCUT2D eigenvalue weighted by molar-refractivity contribution is 5.92. The lowest BCUT2D eigenvalue weighted by Gasteiger charge is -2.32. The Hall–Kier alpha value is -2.31. The van der Waals surface area contributed by atoms with Gasteiger partial charge in [-0.2, -0.15) is 0 Å². The number of ether oxygens (including phenoxy) is 1. The molecule has 1 fully saturated rings. The molecule has 3 N–H and O–H groups in total. The molecule has 140 valence electrons.